The maximum Gasteiger partial charge on any atom is 0.237 e. The molecule has 1 fully saturated rings. The first kappa shape index (κ1) is 17.5. The number of rotatable bonds is 5. The van der Waals surface area contributed by atoms with Gasteiger partial charge in [-0.2, -0.15) is 4.98 Å². The Hall–Kier alpha value is -2.37. The third-order valence-corrected chi connectivity index (χ3v) is 4.98. The molecule has 1 N–H and O–H groups in total. The first-order chi connectivity index (χ1) is 11.9. The Morgan fingerprint density at radius 1 is 1.24 bits per heavy atom. The van der Waals surface area contributed by atoms with Crippen molar-refractivity contribution in [1.29, 1.82) is 0 Å². The number of amides is 1. The fourth-order valence-electron chi connectivity index (χ4n) is 3.68. The Bertz CT molecular complexity index is 744. The van der Waals surface area contributed by atoms with E-state index in [1.807, 2.05) is 26.0 Å². The third kappa shape index (κ3) is 3.25. The number of ether oxygens (including phenoxy) is 1. The second kappa shape index (κ2) is 6.50. The number of carbonyl (C=O) groups excluding carboxylic acids is 1. The molecular weight excluding hydrogens is 318 g/mol. The van der Waals surface area contributed by atoms with Crippen molar-refractivity contribution in [2.75, 3.05) is 7.11 Å². The van der Waals surface area contributed by atoms with Crippen LogP contribution in [-0.2, 0) is 15.7 Å². The number of benzene rings is 1. The van der Waals surface area contributed by atoms with Crippen molar-refractivity contribution in [3.05, 3.63) is 41.5 Å². The lowest BCUT2D eigenvalue weighted by atomic mass is 9.78. The van der Waals surface area contributed by atoms with Crippen molar-refractivity contribution < 1.29 is 14.1 Å². The molecule has 1 aliphatic rings. The molecule has 1 saturated carbocycles. The molecule has 2 aromatic rings. The smallest absolute Gasteiger partial charge is 0.237 e. The van der Waals surface area contributed by atoms with E-state index < -0.39 is 5.54 Å². The van der Waals surface area contributed by atoms with E-state index in [2.05, 4.69) is 27.6 Å². The minimum atomic E-state index is -0.673. The van der Waals surface area contributed by atoms with Gasteiger partial charge < -0.3 is 14.6 Å². The molecule has 1 aromatic heterocycles. The minimum Gasteiger partial charge on any atom is -0.497 e. The lowest BCUT2D eigenvalue weighted by Crippen LogP contribution is -2.40. The molecule has 1 aliphatic carbocycles. The highest BCUT2D eigenvalue weighted by molar-refractivity contribution is 5.73. The number of hydrogen-bond acceptors (Lipinski definition) is 5. The van der Waals surface area contributed by atoms with Gasteiger partial charge in [-0.3, -0.25) is 4.79 Å². The first-order valence-corrected chi connectivity index (χ1v) is 8.65. The summed E-state index contributed by atoms with van der Waals surface area (Å²) >= 11 is 0. The van der Waals surface area contributed by atoms with Crippen molar-refractivity contribution in [3.8, 4) is 5.75 Å². The molecule has 6 heteroatoms. The molecule has 0 bridgehead atoms. The van der Waals surface area contributed by atoms with Gasteiger partial charge in [0.2, 0.25) is 11.8 Å². The molecule has 1 aromatic carbocycles. The summed E-state index contributed by atoms with van der Waals surface area (Å²) in [6.45, 7) is 5.23. The molecule has 0 spiro atoms. The maximum atomic E-state index is 11.4. The van der Waals surface area contributed by atoms with Crippen molar-refractivity contribution >= 4 is 5.91 Å². The average molecular weight is 343 g/mol. The van der Waals surface area contributed by atoms with Gasteiger partial charge in [-0.1, -0.05) is 30.1 Å². The van der Waals surface area contributed by atoms with Crippen LogP contribution < -0.4 is 10.1 Å². The molecule has 3 rings (SSSR count). The SMILES string of the molecule is COc1ccc(C2(c3nc(C(C)(C)NC(C)=O)no3)CCCC2)cc1. The predicted molar refractivity (Wildman–Crippen MR) is 93.4 cm³/mol. The van der Waals surface area contributed by atoms with Crippen LogP contribution in [0, 0.1) is 0 Å². The van der Waals surface area contributed by atoms with E-state index in [4.69, 9.17) is 9.26 Å². The van der Waals surface area contributed by atoms with Gasteiger partial charge >= 0.3 is 0 Å². The molecule has 0 unspecified atom stereocenters. The zero-order valence-corrected chi connectivity index (χ0v) is 15.3. The maximum absolute atomic E-state index is 11.4. The van der Waals surface area contributed by atoms with Crippen LogP contribution in [0.3, 0.4) is 0 Å². The van der Waals surface area contributed by atoms with Crippen LogP contribution in [0.5, 0.6) is 5.75 Å². The second-order valence-electron chi connectivity index (χ2n) is 7.25. The number of nitrogens with one attached hydrogen (secondary N) is 1. The lowest BCUT2D eigenvalue weighted by molar-refractivity contribution is -0.120. The number of nitrogens with zero attached hydrogens (tertiary/aromatic N) is 2. The summed E-state index contributed by atoms with van der Waals surface area (Å²) in [7, 11) is 1.66. The van der Waals surface area contributed by atoms with E-state index in [-0.39, 0.29) is 11.3 Å². The minimum absolute atomic E-state index is 0.123. The van der Waals surface area contributed by atoms with Crippen LogP contribution in [0.15, 0.2) is 28.8 Å². The van der Waals surface area contributed by atoms with Crippen LogP contribution >= 0.6 is 0 Å². The van der Waals surface area contributed by atoms with Crippen LogP contribution in [-0.4, -0.2) is 23.2 Å². The summed E-state index contributed by atoms with van der Waals surface area (Å²) in [5.74, 6) is 1.83. The summed E-state index contributed by atoms with van der Waals surface area (Å²) in [6, 6.07) is 8.09. The largest absolute Gasteiger partial charge is 0.497 e. The number of carbonyl (C=O) groups is 1. The monoisotopic (exact) mass is 343 g/mol. The quantitative estimate of drug-likeness (QED) is 0.901. The molecule has 1 heterocycles. The Morgan fingerprint density at radius 2 is 1.88 bits per heavy atom. The van der Waals surface area contributed by atoms with Crippen molar-refractivity contribution in [2.24, 2.45) is 0 Å². The van der Waals surface area contributed by atoms with Crippen LogP contribution in [0.2, 0.25) is 0 Å². The normalized spacial score (nSPS) is 16.6. The Kier molecular flexibility index (Phi) is 4.54. The van der Waals surface area contributed by atoms with Crippen LogP contribution in [0.25, 0.3) is 0 Å². The molecule has 25 heavy (non-hydrogen) atoms. The van der Waals surface area contributed by atoms with Crippen molar-refractivity contribution in [2.45, 2.75) is 57.4 Å². The molecule has 6 nitrogen and oxygen atoms in total. The third-order valence-electron chi connectivity index (χ3n) is 4.98. The van der Waals surface area contributed by atoms with Gasteiger partial charge in [-0.25, -0.2) is 0 Å². The van der Waals surface area contributed by atoms with Gasteiger partial charge in [0.1, 0.15) is 5.75 Å². The number of aromatic nitrogens is 2. The predicted octanol–water partition coefficient (Wildman–Crippen LogP) is 3.31. The standard InChI is InChI=1S/C19H25N3O3/c1-13(23)21-18(2,3)16-20-17(25-22-16)19(11-5-6-12-19)14-7-9-15(24-4)10-8-14/h7-10H,5-6,11-12H2,1-4H3,(H,21,23). The average Bonchev–Trinajstić information content (AvgIpc) is 3.24. The van der Waals surface area contributed by atoms with Gasteiger partial charge in [-0.15, -0.1) is 0 Å². The Balaban J connectivity index is 1.97. The topological polar surface area (TPSA) is 77.2 Å². The zero-order chi connectivity index (χ0) is 18.1. The number of methoxy groups -OCH3 is 1. The molecule has 0 saturated heterocycles. The molecule has 0 aliphatic heterocycles. The first-order valence-electron chi connectivity index (χ1n) is 8.65. The Labute approximate surface area is 148 Å². The van der Waals surface area contributed by atoms with E-state index in [9.17, 15) is 4.79 Å². The van der Waals surface area contributed by atoms with E-state index in [1.165, 1.54) is 12.5 Å². The lowest BCUT2D eigenvalue weighted by Gasteiger charge is -2.25. The summed E-state index contributed by atoms with van der Waals surface area (Å²) in [6.07, 6.45) is 4.20. The van der Waals surface area contributed by atoms with Gasteiger partial charge in [0, 0.05) is 6.92 Å². The summed E-state index contributed by atoms with van der Waals surface area (Å²) < 4.78 is 11.0. The molecule has 0 radical (unpaired) electrons. The highest BCUT2D eigenvalue weighted by Crippen LogP contribution is 2.46. The summed E-state index contributed by atoms with van der Waals surface area (Å²) in [5, 5.41) is 7.03. The van der Waals surface area contributed by atoms with Gasteiger partial charge in [0.25, 0.3) is 0 Å². The second-order valence-corrected chi connectivity index (χ2v) is 7.25. The van der Waals surface area contributed by atoms with E-state index in [1.54, 1.807) is 7.11 Å². The number of hydrogen-bond donors (Lipinski definition) is 1. The van der Waals surface area contributed by atoms with E-state index in [0.717, 1.165) is 31.4 Å². The fraction of sp³-hybridized carbons (Fsp3) is 0.526. The molecule has 1 amide bonds. The zero-order valence-electron chi connectivity index (χ0n) is 15.3. The fourth-order valence-corrected chi connectivity index (χ4v) is 3.68. The molecule has 134 valence electrons. The van der Waals surface area contributed by atoms with Gasteiger partial charge in [0.05, 0.1) is 18.1 Å². The van der Waals surface area contributed by atoms with E-state index in [0.29, 0.717) is 11.7 Å². The van der Waals surface area contributed by atoms with Crippen molar-refractivity contribution in [3.63, 3.8) is 0 Å². The molecular formula is C19H25N3O3. The van der Waals surface area contributed by atoms with Crippen molar-refractivity contribution in [1.82, 2.24) is 15.5 Å². The highest BCUT2D eigenvalue weighted by atomic mass is 16.5. The summed E-state index contributed by atoms with van der Waals surface area (Å²) in [5.41, 5.74) is 0.232. The van der Waals surface area contributed by atoms with Crippen LogP contribution in [0.1, 0.15) is 63.7 Å². The Morgan fingerprint density at radius 3 is 2.44 bits per heavy atom. The van der Waals surface area contributed by atoms with Crippen LogP contribution in [0.4, 0.5) is 0 Å². The van der Waals surface area contributed by atoms with E-state index >= 15 is 0 Å². The van der Waals surface area contributed by atoms with Gasteiger partial charge in [-0.05, 0) is 44.4 Å². The van der Waals surface area contributed by atoms with Gasteiger partial charge in [0.15, 0.2) is 5.82 Å². The molecule has 0 atom stereocenters. The summed E-state index contributed by atoms with van der Waals surface area (Å²) in [4.78, 5) is 16.1. The highest BCUT2D eigenvalue weighted by Gasteiger charge is 2.43.